The number of hydrogen-bond donors (Lipinski definition) is 3. The zero-order valence-electron chi connectivity index (χ0n) is 14.7. The summed E-state index contributed by atoms with van der Waals surface area (Å²) in [5, 5.41) is 7.76. The van der Waals surface area contributed by atoms with E-state index in [1.807, 2.05) is 13.8 Å². The number of carbonyl (C=O) groups is 3. The highest BCUT2D eigenvalue weighted by Crippen LogP contribution is 2.31. The van der Waals surface area contributed by atoms with Gasteiger partial charge in [0, 0.05) is 12.0 Å². The van der Waals surface area contributed by atoms with Gasteiger partial charge in [0.2, 0.25) is 5.91 Å². The number of carbonyl (C=O) groups excluding carboxylic acids is 3. The molecule has 25 heavy (non-hydrogen) atoms. The molecule has 3 N–H and O–H groups in total. The van der Waals surface area contributed by atoms with Gasteiger partial charge in [0.1, 0.15) is 6.04 Å². The van der Waals surface area contributed by atoms with E-state index in [0.717, 1.165) is 19.3 Å². The standard InChI is InChI=1S/C19H25N3O3/c1-19(2,11-12-9-13-5-3-4-6-14(13)10-12)22-16(23)8-7-15-17(24)21-18(25)20-15/h3-6,12,15H,7-11H2,1-2H3,(H,22,23)(H2,20,21,24,25). The van der Waals surface area contributed by atoms with Gasteiger partial charge in [-0.1, -0.05) is 24.3 Å². The number of amides is 4. The van der Waals surface area contributed by atoms with Crippen molar-refractivity contribution in [2.45, 2.75) is 57.5 Å². The van der Waals surface area contributed by atoms with Crippen LogP contribution in [0.1, 0.15) is 44.2 Å². The van der Waals surface area contributed by atoms with Crippen LogP contribution in [0.2, 0.25) is 0 Å². The number of fused-ring (bicyclic) bond motifs is 1. The summed E-state index contributed by atoms with van der Waals surface area (Å²) in [6, 6.07) is 7.42. The minimum Gasteiger partial charge on any atom is -0.351 e. The van der Waals surface area contributed by atoms with E-state index in [1.165, 1.54) is 11.1 Å². The highest BCUT2D eigenvalue weighted by Gasteiger charge is 2.31. The van der Waals surface area contributed by atoms with E-state index in [4.69, 9.17) is 0 Å². The summed E-state index contributed by atoms with van der Waals surface area (Å²) in [7, 11) is 0. The molecule has 1 aliphatic heterocycles. The van der Waals surface area contributed by atoms with Crippen LogP contribution in [0.4, 0.5) is 4.79 Å². The van der Waals surface area contributed by atoms with Gasteiger partial charge in [-0.15, -0.1) is 0 Å². The van der Waals surface area contributed by atoms with Crippen molar-refractivity contribution >= 4 is 17.8 Å². The molecule has 6 heteroatoms. The molecule has 0 bridgehead atoms. The smallest absolute Gasteiger partial charge is 0.322 e. The van der Waals surface area contributed by atoms with Gasteiger partial charge in [0.25, 0.3) is 5.91 Å². The molecule has 1 heterocycles. The first-order valence-corrected chi connectivity index (χ1v) is 8.81. The van der Waals surface area contributed by atoms with Gasteiger partial charge in [-0.25, -0.2) is 4.79 Å². The molecule has 1 unspecified atom stereocenters. The number of imide groups is 1. The quantitative estimate of drug-likeness (QED) is 0.687. The van der Waals surface area contributed by atoms with E-state index in [0.29, 0.717) is 12.3 Å². The Hall–Kier alpha value is -2.37. The van der Waals surface area contributed by atoms with Gasteiger partial charge in [-0.2, -0.15) is 0 Å². The van der Waals surface area contributed by atoms with Crippen molar-refractivity contribution in [2.24, 2.45) is 5.92 Å². The molecule has 2 aliphatic rings. The average Bonchev–Trinajstić information content (AvgIpc) is 3.05. The lowest BCUT2D eigenvalue weighted by atomic mass is 9.88. The Labute approximate surface area is 147 Å². The highest BCUT2D eigenvalue weighted by atomic mass is 16.2. The van der Waals surface area contributed by atoms with E-state index >= 15 is 0 Å². The summed E-state index contributed by atoms with van der Waals surface area (Å²) >= 11 is 0. The maximum absolute atomic E-state index is 12.2. The van der Waals surface area contributed by atoms with E-state index < -0.39 is 12.1 Å². The number of benzene rings is 1. The number of hydrogen-bond acceptors (Lipinski definition) is 3. The maximum Gasteiger partial charge on any atom is 0.322 e. The molecule has 1 aromatic carbocycles. The monoisotopic (exact) mass is 343 g/mol. The third-order valence-corrected chi connectivity index (χ3v) is 4.93. The Morgan fingerprint density at radius 1 is 1.20 bits per heavy atom. The van der Waals surface area contributed by atoms with Crippen LogP contribution in [0.5, 0.6) is 0 Å². The fourth-order valence-electron chi connectivity index (χ4n) is 3.94. The summed E-state index contributed by atoms with van der Waals surface area (Å²) in [6.07, 6.45) is 3.56. The largest absolute Gasteiger partial charge is 0.351 e. The summed E-state index contributed by atoms with van der Waals surface area (Å²) in [5.74, 6) is 0.0860. The minimum absolute atomic E-state index is 0.0885. The van der Waals surface area contributed by atoms with Gasteiger partial charge in [-0.05, 0) is 56.6 Å². The number of urea groups is 1. The molecule has 1 saturated heterocycles. The van der Waals surface area contributed by atoms with Crippen molar-refractivity contribution in [1.82, 2.24) is 16.0 Å². The van der Waals surface area contributed by atoms with E-state index in [-0.39, 0.29) is 23.8 Å². The summed E-state index contributed by atoms with van der Waals surface area (Å²) < 4.78 is 0. The lowest BCUT2D eigenvalue weighted by Crippen LogP contribution is -2.45. The first kappa shape index (κ1) is 17.5. The summed E-state index contributed by atoms with van der Waals surface area (Å²) in [4.78, 5) is 34.8. The van der Waals surface area contributed by atoms with Crippen molar-refractivity contribution in [1.29, 1.82) is 0 Å². The number of nitrogens with one attached hydrogen (secondary N) is 3. The second kappa shape index (κ2) is 6.86. The average molecular weight is 343 g/mol. The van der Waals surface area contributed by atoms with Crippen LogP contribution in [-0.2, 0) is 22.4 Å². The Morgan fingerprint density at radius 3 is 2.40 bits per heavy atom. The molecule has 0 spiro atoms. The van der Waals surface area contributed by atoms with Crippen molar-refractivity contribution < 1.29 is 14.4 Å². The van der Waals surface area contributed by atoms with Crippen molar-refractivity contribution in [3.05, 3.63) is 35.4 Å². The van der Waals surface area contributed by atoms with Crippen LogP contribution in [0.25, 0.3) is 0 Å². The van der Waals surface area contributed by atoms with Gasteiger partial charge in [-0.3, -0.25) is 14.9 Å². The molecule has 6 nitrogen and oxygen atoms in total. The Morgan fingerprint density at radius 2 is 1.84 bits per heavy atom. The third-order valence-electron chi connectivity index (χ3n) is 4.93. The van der Waals surface area contributed by atoms with E-state index in [2.05, 4.69) is 40.2 Å². The molecular formula is C19H25N3O3. The molecule has 1 aromatic rings. The van der Waals surface area contributed by atoms with Gasteiger partial charge < -0.3 is 10.6 Å². The molecule has 4 amide bonds. The molecule has 1 aliphatic carbocycles. The molecule has 0 aromatic heterocycles. The topological polar surface area (TPSA) is 87.3 Å². The van der Waals surface area contributed by atoms with Crippen molar-refractivity contribution in [2.75, 3.05) is 0 Å². The van der Waals surface area contributed by atoms with Gasteiger partial charge in [0.05, 0.1) is 0 Å². The van der Waals surface area contributed by atoms with Crippen LogP contribution < -0.4 is 16.0 Å². The fourth-order valence-corrected chi connectivity index (χ4v) is 3.94. The van der Waals surface area contributed by atoms with Gasteiger partial charge >= 0.3 is 6.03 Å². The van der Waals surface area contributed by atoms with Crippen LogP contribution in [0.3, 0.4) is 0 Å². The maximum atomic E-state index is 12.2. The van der Waals surface area contributed by atoms with Crippen molar-refractivity contribution in [3.8, 4) is 0 Å². The molecule has 0 radical (unpaired) electrons. The highest BCUT2D eigenvalue weighted by molar-refractivity contribution is 6.04. The van der Waals surface area contributed by atoms with Gasteiger partial charge in [0.15, 0.2) is 0 Å². The lowest BCUT2D eigenvalue weighted by Gasteiger charge is -2.29. The Bertz CT molecular complexity index is 674. The first-order valence-electron chi connectivity index (χ1n) is 8.81. The molecule has 1 atom stereocenters. The van der Waals surface area contributed by atoms with E-state index in [1.54, 1.807) is 0 Å². The van der Waals surface area contributed by atoms with Crippen LogP contribution in [0.15, 0.2) is 24.3 Å². The SMILES string of the molecule is CC(C)(CC1Cc2ccccc2C1)NC(=O)CCC1NC(=O)NC1=O. The molecular weight excluding hydrogens is 318 g/mol. The lowest BCUT2D eigenvalue weighted by molar-refractivity contribution is -0.123. The van der Waals surface area contributed by atoms with Crippen molar-refractivity contribution in [3.63, 3.8) is 0 Å². The third kappa shape index (κ3) is 4.38. The van der Waals surface area contributed by atoms with E-state index in [9.17, 15) is 14.4 Å². The summed E-state index contributed by atoms with van der Waals surface area (Å²) in [5.41, 5.74) is 2.53. The second-order valence-corrected chi connectivity index (χ2v) is 7.73. The summed E-state index contributed by atoms with van der Waals surface area (Å²) in [6.45, 7) is 4.08. The molecule has 1 fully saturated rings. The van der Waals surface area contributed by atoms with Crippen LogP contribution in [0, 0.1) is 5.92 Å². The first-order chi connectivity index (χ1) is 11.8. The van der Waals surface area contributed by atoms with Crippen LogP contribution >= 0.6 is 0 Å². The number of rotatable bonds is 6. The molecule has 0 saturated carbocycles. The zero-order chi connectivity index (χ0) is 18.0. The van der Waals surface area contributed by atoms with Crippen LogP contribution in [-0.4, -0.2) is 29.4 Å². The zero-order valence-corrected chi connectivity index (χ0v) is 14.7. The predicted molar refractivity (Wildman–Crippen MR) is 93.9 cm³/mol. The molecule has 3 rings (SSSR count). The second-order valence-electron chi connectivity index (χ2n) is 7.73. The Balaban J connectivity index is 1.46. The Kier molecular flexibility index (Phi) is 4.79. The normalized spacial score (nSPS) is 20.2. The molecule has 134 valence electrons. The minimum atomic E-state index is -0.606. The predicted octanol–water partition coefficient (Wildman–Crippen LogP) is 1.67. The fraction of sp³-hybridized carbons (Fsp3) is 0.526.